The number of nitrogens with zero attached hydrogens (tertiary/aromatic N) is 1. The number of rotatable bonds is 10. The molecule has 0 radical (unpaired) electrons. The van der Waals surface area contributed by atoms with Crippen molar-refractivity contribution in [3.8, 4) is 11.8 Å². The highest BCUT2D eigenvalue weighted by Gasteiger charge is 2.24. The van der Waals surface area contributed by atoms with Crippen LogP contribution >= 0.6 is 50.9 Å². The van der Waals surface area contributed by atoms with E-state index in [1.165, 1.54) is 0 Å². The summed E-state index contributed by atoms with van der Waals surface area (Å²) in [5, 5.41) is 17.9. The van der Waals surface area contributed by atoms with Crippen LogP contribution in [0.1, 0.15) is 17.4 Å². The van der Waals surface area contributed by atoms with Gasteiger partial charge in [0.1, 0.15) is 5.56 Å². The van der Waals surface area contributed by atoms with Gasteiger partial charge >= 0.3 is 12.7 Å². The molecule has 0 atom stereocenters. The van der Waals surface area contributed by atoms with Gasteiger partial charge in [0.25, 0.3) is 0 Å². The minimum atomic E-state index is -3.22. The molecule has 0 aromatic carbocycles. The van der Waals surface area contributed by atoms with Crippen LogP contribution in [0.5, 0.6) is 0 Å². The first kappa shape index (κ1) is 20.8. The van der Waals surface area contributed by atoms with Crippen molar-refractivity contribution < 1.29 is 14.0 Å². The van der Waals surface area contributed by atoms with Crippen LogP contribution in [0.4, 0.5) is 5.00 Å². The lowest BCUT2D eigenvalue weighted by Crippen LogP contribution is -2.26. The van der Waals surface area contributed by atoms with Gasteiger partial charge in [-0.15, -0.1) is 5.92 Å². The van der Waals surface area contributed by atoms with Gasteiger partial charge in [0.2, 0.25) is 0 Å². The van der Waals surface area contributed by atoms with E-state index in [4.69, 9.17) is 4.52 Å². The molecule has 1 aromatic heterocycles. The number of halogens is 2. The van der Waals surface area contributed by atoms with Crippen LogP contribution in [0.2, 0.25) is 0 Å². The van der Waals surface area contributed by atoms with Gasteiger partial charge in [0.15, 0.2) is 0 Å². The molecule has 0 aliphatic rings. The molecule has 7 nitrogen and oxygen atoms in total. The first-order valence-corrected chi connectivity index (χ1v) is 11.2. The Kier molecular flexibility index (Phi) is 9.54. The fourth-order valence-corrected chi connectivity index (χ4v) is 4.90. The zero-order valence-electron chi connectivity index (χ0n) is 12.3. The van der Waals surface area contributed by atoms with Gasteiger partial charge < -0.3 is 4.52 Å². The van der Waals surface area contributed by atoms with Crippen molar-refractivity contribution in [3.63, 3.8) is 0 Å². The molecule has 0 fully saturated rings. The van der Waals surface area contributed by atoms with Gasteiger partial charge in [-0.3, -0.25) is 14.7 Å². The van der Waals surface area contributed by atoms with Crippen LogP contribution in [0.15, 0.2) is 6.07 Å². The largest absolute Gasteiger partial charge is 0.341 e. The summed E-state index contributed by atoms with van der Waals surface area (Å²) >= 11 is 7.47. The first-order valence-electron chi connectivity index (χ1n) is 6.52. The van der Waals surface area contributed by atoms with Gasteiger partial charge in [-0.1, -0.05) is 49.1 Å². The van der Waals surface area contributed by atoms with E-state index in [9.17, 15) is 14.7 Å². The molecule has 0 saturated carbocycles. The summed E-state index contributed by atoms with van der Waals surface area (Å²) in [5.74, 6) is 5.34. The number of alkyl halides is 2. The molecule has 1 rings (SSSR count). The third-order valence-electron chi connectivity index (χ3n) is 2.41. The molecule has 0 unspecified atom stereocenters. The van der Waals surface area contributed by atoms with Crippen LogP contribution < -0.4 is 10.2 Å². The maximum Gasteiger partial charge on any atom is 0.341 e. The predicted molar refractivity (Wildman–Crippen MR) is 99.5 cm³/mol. The Morgan fingerprint density at radius 2 is 2.00 bits per heavy atom. The smallest absolute Gasteiger partial charge is 0.300 e. The van der Waals surface area contributed by atoms with E-state index in [0.29, 0.717) is 34.2 Å². The van der Waals surface area contributed by atoms with E-state index >= 15 is 0 Å². The average Bonchev–Trinajstić information content (AvgIpc) is 2.93. The van der Waals surface area contributed by atoms with Crippen LogP contribution in [-0.2, 0) is 15.7 Å². The second-order valence-electron chi connectivity index (χ2n) is 4.08. The van der Waals surface area contributed by atoms with Gasteiger partial charge in [0, 0.05) is 28.6 Å². The van der Waals surface area contributed by atoms with Crippen molar-refractivity contribution >= 4 is 55.9 Å². The second-order valence-corrected chi connectivity index (χ2v) is 8.78. The molecule has 0 aliphatic heterocycles. The van der Waals surface area contributed by atoms with Crippen molar-refractivity contribution in [2.75, 3.05) is 23.7 Å². The SMILES string of the molecule is CC#Cc1cc(COP(=O)(NCCBr)NCCBr)sc1[N+](=O)[O-]. The second kappa shape index (κ2) is 10.6. The third-order valence-corrected chi connectivity index (χ3v) is 6.03. The monoisotopic (exact) mass is 487 g/mol. The van der Waals surface area contributed by atoms with E-state index in [2.05, 4.69) is 53.9 Å². The Morgan fingerprint density at radius 3 is 2.48 bits per heavy atom. The minimum Gasteiger partial charge on any atom is -0.300 e. The molecule has 0 bridgehead atoms. The van der Waals surface area contributed by atoms with Crippen molar-refractivity contribution in [2.24, 2.45) is 0 Å². The molecule has 0 saturated heterocycles. The van der Waals surface area contributed by atoms with Crippen molar-refractivity contribution in [3.05, 3.63) is 26.6 Å². The molecular formula is C12H16Br2N3O4PS. The highest BCUT2D eigenvalue weighted by molar-refractivity contribution is 9.09. The van der Waals surface area contributed by atoms with Crippen LogP contribution in [0.25, 0.3) is 0 Å². The molecule has 1 heterocycles. The van der Waals surface area contributed by atoms with E-state index in [1.54, 1.807) is 13.0 Å². The highest BCUT2D eigenvalue weighted by Crippen LogP contribution is 2.40. The van der Waals surface area contributed by atoms with Crippen molar-refractivity contribution in [2.45, 2.75) is 13.5 Å². The van der Waals surface area contributed by atoms with Crippen molar-refractivity contribution in [1.29, 1.82) is 0 Å². The van der Waals surface area contributed by atoms with Crippen molar-refractivity contribution in [1.82, 2.24) is 10.2 Å². The van der Waals surface area contributed by atoms with Gasteiger partial charge in [-0.25, -0.2) is 10.2 Å². The van der Waals surface area contributed by atoms with Gasteiger partial charge in [-0.05, 0) is 13.0 Å². The molecule has 0 aliphatic carbocycles. The molecule has 1 aromatic rings. The fraction of sp³-hybridized carbons (Fsp3) is 0.500. The first-order chi connectivity index (χ1) is 11.0. The van der Waals surface area contributed by atoms with Gasteiger partial charge in [-0.2, -0.15) is 0 Å². The number of nitrogens with one attached hydrogen (secondary N) is 2. The molecule has 0 spiro atoms. The van der Waals surface area contributed by atoms with Crippen LogP contribution in [0, 0.1) is 22.0 Å². The van der Waals surface area contributed by atoms with Gasteiger partial charge in [0.05, 0.1) is 11.5 Å². The summed E-state index contributed by atoms with van der Waals surface area (Å²) in [4.78, 5) is 11.1. The number of nitro groups is 1. The standard InChI is InChI=1S/C12H16Br2N3O4PS/c1-2-3-10-8-11(23-12(10)17(18)19)9-21-22(20,15-6-4-13)16-7-5-14/h8H,4-7,9H2,1H3,(H2,15,16,20). The molecule has 2 N–H and O–H groups in total. The van der Waals surface area contributed by atoms with E-state index in [-0.39, 0.29) is 11.6 Å². The maximum absolute atomic E-state index is 12.6. The highest BCUT2D eigenvalue weighted by atomic mass is 79.9. The summed E-state index contributed by atoms with van der Waals surface area (Å²) in [7, 11) is -3.22. The van der Waals surface area contributed by atoms with E-state index in [1.807, 2.05) is 0 Å². The Balaban J connectivity index is 2.83. The lowest BCUT2D eigenvalue weighted by Gasteiger charge is -2.19. The molecular weight excluding hydrogens is 473 g/mol. The van der Waals surface area contributed by atoms with E-state index in [0.717, 1.165) is 11.3 Å². The number of thiophene rings is 1. The predicted octanol–water partition coefficient (Wildman–Crippen LogP) is 3.62. The lowest BCUT2D eigenvalue weighted by atomic mass is 10.3. The average molecular weight is 489 g/mol. The molecule has 23 heavy (non-hydrogen) atoms. The summed E-state index contributed by atoms with van der Waals surface area (Å²) < 4.78 is 18.1. The normalized spacial score (nSPS) is 11.1. The molecule has 128 valence electrons. The summed E-state index contributed by atoms with van der Waals surface area (Å²) in [6, 6.07) is 1.60. The Labute approximate surface area is 155 Å². The summed E-state index contributed by atoms with van der Waals surface area (Å²) in [6.07, 6.45) is 0. The minimum absolute atomic E-state index is 0.00124. The number of hydrogen-bond donors (Lipinski definition) is 2. The Bertz CT molecular complexity index is 632. The molecule has 11 heteroatoms. The fourth-order valence-electron chi connectivity index (χ4n) is 1.54. The Morgan fingerprint density at radius 1 is 1.39 bits per heavy atom. The zero-order valence-corrected chi connectivity index (χ0v) is 17.2. The Hall–Kier alpha value is -0.270. The quantitative estimate of drug-likeness (QED) is 0.172. The number of hydrogen-bond acceptors (Lipinski definition) is 5. The van der Waals surface area contributed by atoms with Crippen LogP contribution in [0.3, 0.4) is 0 Å². The zero-order chi connectivity index (χ0) is 17.3. The third kappa shape index (κ3) is 7.01. The maximum atomic E-state index is 12.6. The molecule has 0 amide bonds. The lowest BCUT2D eigenvalue weighted by molar-refractivity contribution is -0.380. The summed E-state index contributed by atoms with van der Waals surface area (Å²) in [5.41, 5.74) is 0.345. The van der Waals surface area contributed by atoms with E-state index < -0.39 is 12.6 Å². The topological polar surface area (TPSA) is 93.5 Å². The van der Waals surface area contributed by atoms with Crippen LogP contribution in [-0.4, -0.2) is 28.7 Å². The summed E-state index contributed by atoms with van der Waals surface area (Å²) in [6.45, 7) is 2.53.